The fraction of sp³-hybridized carbons (Fsp3) is 1.00. The molecule has 0 aromatic carbocycles. The summed E-state index contributed by atoms with van der Waals surface area (Å²) in [7, 11) is 0. The first-order valence-corrected chi connectivity index (χ1v) is 8.38. The van der Waals surface area contributed by atoms with Crippen LogP contribution in [0.1, 0.15) is 59.3 Å². The summed E-state index contributed by atoms with van der Waals surface area (Å²) in [4.78, 5) is 2.62. The largest absolute Gasteiger partial charge is 0.372 e. The Labute approximate surface area is 120 Å². The minimum Gasteiger partial charge on any atom is -0.372 e. The lowest BCUT2D eigenvalue weighted by Crippen LogP contribution is -2.35. The summed E-state index contributed by atoms with van der Waals surface area (Å²) in [5, 5.41) is 3.39. The fourth-order valence-corrected chi connectivity index (χ4v) is 2.72. The maximum Gasteiger partial charge on any atom is 0.0707 e. The van der Waals surface area contributed by atoms with Crippen LogP contribution in [0.2, 0.25) is 0 Å². The molecule has 3 nitrogen and oxygen atoms in total. The standard InChI is InChI=1S/C16H34N2O/c1-4-7-11-18(12-8-5-2)14-16-10-9-15(19-16)13-17-6-3/h15-17H,4-14H2,1-3H3. The smallest absolute Gasteiger partial charge is 0.0707 e. The van der Waals surface area contributed by atoms with Gasteiger partial charge in [0.1, 0.15) is 0 Å². The molecule has 1 aliphatic rings. The van der Waals surface area contributed by atoms with Gasteiger partial charge in [0, 0.05) is 13.1 Å². The number of hydrogen-bond acceptors (Lipinski definition) is 3. The van der Waals surface area contributed by atoms with Crippen LogP contribution in [0, 0.1) is 0 Å². The summed E-state index contributed by atoms with van der Waals surface area (Å²) in [6.07, 6.45) is 8.60. The zero-order chi connectivity index (χ0) is 13.9. The molecule has 114 valence electrons. The average Bonchev–Trinajstić information content (AvgIpc) is 2.87. The van der Waals surface area contributed by atoms with Gasteiger partial charge in [0.15, 0.2) is 0 Å². The normalized spacial score (nSPS) is 23.4. The molecule has 1 N–H and O–H groups in total. The molecule has 0 amide bonds. The third-order valence-corrected chi connectivity index (χ3v) is 3.94. The van der Waals surface area contributed by atoms with Crippen LogP contribution in [0.25, 0.3) is 0 Å². The van der Waals surface area contributed by atoms with Crippen molar-refractivity contribution < 1.29 is 4.74 Å². The van der Waals surface area contributed by atoms with Crippen molar-refractivity contribution in [1.29, 1.82) is 0 Å². The number of rotatable bonds is 11. The Balaban J connectivity index is 2.25. The van der Waals surface area contributed by atoms with Crippen LogP contribution < -0.4 is 5.32 Å². The van der Waals surface area contributed by atoms with Gasteiger partial charge in [-0.05, 0) is 45.3 Å². The summed E-state index contributed by atoms with van der Waals surface area (Å²) in [5.74, 6) is 0. The number of unbranched alkanes of at least 4 members (excludes halogenated alkanes) is 2. The van der Waals surface area contributed by atoms with Gasteiger partial charge < -0.3 is 15.0 Å². The lowest BCUT2D eigenvalue weighted by Gasteiger charge is -2.25. The molecule has 0 aromatic heterocycles. The Kier molecular flexibility index (Phi) is 9.48. The van der Waals surface area contributed by atoms with E-state index in [0.717, 1.165) is 19.6 Å². The molecule has 1 heterocycles. The summed E-state index contributed by atoms with van der Waals surface area (Å²) in [6, 6.07) is 0. The van der Waals surface area contributed by atoms with Crippen molar-refractivity contribution >= 4 is 0 Å². The zero-order valence-corrected chi connectivity index (χ0v) is 13.3. The van der Waals surface area contributed by atoms with E-state index in [2.05, 4.69) is 31.0 Å². The van der Waals surface area contributed by atoms with E-state index < -0.39 is 0 Å². The van der Waals surface area contributed by atoms with Gasteiger partial charge in [-0.1, -0.05) is 33.6 Å². The van der Waals surface area contributed by atoms with Gasteiger partial charge in [0.2, 0.25) is 0 Å². The van der Waals surface area contributed by atoms with Crippen LogP contribution in [0.5, 0.6) is 0 Å². The van der Waals surface area contributed by atoms with Gasteiger partial charge in [-0.2, -0.15) is 0 Å². The molecule has 0 radical (unpaired) electrons. The molecular weight excluding hydrogens is 236 g/mol. The molecule has 1 rings (SSSR count). The quantitative estimate of drug-likeness (QED) is 0.624. The zero-order valence-electron chi connectivity index (χ0n) is 13.3. The molecule has 0 bridgehead atoms. The average molecular weight is 270 g/mol. The number of ether oxygens (including phenoxy) is 1. The predicted molar refractivity (Wildman–Crippen MR) is 82.7 cm³/mol. The summed E-state index contributed by atoms with van der Waals surface area (Å²) < 4.78 is 6.15. The first-order valence-electron chi connectivity index (χ1n) is 8.38. The molecule has 1 saturated heterocycles. The SMILES string of the molecule is CCCCN(CCCC)CC1CCC(CNCC)O1. The van der Waals surface area contributed by atoms with Crippen molar-refractivity contribution in [3.05, 3.63) is 0 Å². The second-order valence-corrected chi connectivity index (χ2v) is 5.77. The highest BCUT2D eigenvalue weighted by atomic mass is 16.5. The van der Waals surface area contributed by atoms with Crippen molar-refractivity contribution in [2.24, 2.45) is 0 Å². The van der Waals surface area contributed by atoms with E-state index in [0.29, 0.717) is 12.2 Å². The summed E-state index contributed by atoms with van der Waals surface area (Å²) in [5.41, 5.74) is 0. The molecule has 1 aliphatic heterocycles. The van der Waals surface area contributed by atoms with Gasteiger partial charge in [-0.25, -0.2) is 0 Å². The van der Waals surface area contributed by atoms with E-state index in [9.17, 15) is 0 Å². The van der Waals surface area contributed by atoms with E-state index in [1.165, 1.54) is 51.6 Å². The topological polar surface area (TPSA) is 24.5 Å². The van der Waals surface area contributed by atoms with E-state index in [1.807, 2.05) is 0 Å². The Morgan fingerprint density at radius 3 is 2.21 bits per heavy atom. The third-order valence-electron chi connectivity index (χ3n) is 3.94. The molecule has 1 fully saturated rings. The minimum atomic E-state index is 0.448. The first kappa shape index (κ1) is 16.9. The molecule has 19 heavy (non-hydrogen) atoms. The molecule has 0 aromatic rings. The van der Waals surface area contributed by atoms with Gasteiger partial charge in [0.05, 0.1) is 12.2 Å². The van der Waals surface area contributed by atoms with Gasteiger partial charge in [-0.15, -0.1) is 0 Å². The fourth-order valence-electron chi connectivity index (χ4n) is 2.72. The number of hydrogen-bond donors (Lipinski definition) is 1. The van der Waals surface area contributed by atoms with Gasteiger partial charge in [0.25, 0.3) is 0 Å². The summed E-state index contributed by atoms with van der Waals surface area (Å²) in [6.45, 7) is 12.4. The maximum atomic E-state index is 6.15. The molecule has 0 saturated carbocycles. The van der Waals surface area contributed by atoms with Crippen molar-refractivity contribution in [2.45, 2.75) is 71.5 Å². The highest BCUT2D eigenvalue weighted by molar-refractivity contribution is 4.78. The lowest BCUT2D eigenvalue weighted by atomic mass is 10.1. The second kappa shape index (κ2) is 10.6. The Morgan fingerprint density at radius 1 is 1.00 bits per heavy atom. The Hall–Kier alpha value is -0.120. The Bertz CT molecular complexity index is 203. The van der Waals surface area contributed by atoms with Crippen LogP contribution in [0.3, 0.4) is 0 Å². The van der Waals surface area contributed by atoms with E-state index in [1.54, 1.807) is 0 Å². The van der Waals surface area contributed by atoms with Gasteiger partial charge >= 0.3 is 0 Å². The van der Waals surface area contributed by atoms with E-state index >= 15 is 0 Å². The first-order chi connectivity index (χ1) is 9.30. The number of likely N-dealkylation sites (N-methyl/N-ethyl adjacent to an activating group) is 1. The molecule has 3 heteroatoms. The molecule has 2 unspecified atom stereocenters. The van der Waals surface area contributed by atoms with Crippen molar-refractivity contribution in [3.8, 4) is 0 Å². The molecular formula is C16H34N2O. The van der Waals surface area contributed by atoms with Crippen LogP contribution in [-0.2, 0) is 4.74 Å². The lowest BCUT2D eigenvalue weighted by molar-refractivity contribution is 0.0231. The maximum absolute atomic E-state index is 6.15. The highest BCUT2D eigenvalue weighted by Gasteiger charge is 2.26. The van der Waals surface area contributed by atoms with Crippen molar-refractivity contribution in [2.75, 3.05) is 32.7 Å². The van der Waals surface area contributed by atoms with Crippen LogP contribution >= 0.6 is 0 Å². The Morgan fingerprint density at radius 2 is 1.63 bits per heavy atom. The molecule has 0 spiro atoms. The second-order valence-electron chi connectivity index (χ2n) is 5.77. The molecule has 2 atom stereocenters. The third kappa shape index (κ3) is 7.28. The molecule has 0 aliphatic carbocycles. The van der Waals surface area contributed by atoms with E-state index in [-0.39, 0.29) is 0 Å². The van der Waals surface area contributed by atoms with Crippen LogP contribution in [0.15, 0.2) is 0 Å². The monoisotopic (exact) mass is 270 g/mol. The minimum absolute atomic E-state index is 0.448. The van der Waals surface area contributed by atoms with E-state index in [4.69, 9.17) is 4.74 Å². The van der Waals surface area contributed by atoms with Gasteiger partial charge in [-0.3, -0.25) is 0 Å². The highest BCUT2D eigenvalue weighted by Crippen LogP contribution is 2.20. The number of nitrogens with one attached hydrogen (secondary N) is 1. The van der Waals surface area contributed by atoms with Crippen molar-refractivity contribution in [1.82, 2.24) is 10.2 Å². The van der Waals surface area contributed by atoms with Crippen LogP contribution in [-0.4, -0.2) is 49.8 Å². The van der Waals surface area contributed by atoms with Crippen molar-refractivity contribution in [3.63, 3.8) is 0 Å². The predicted octanol–water partition coefficient (Wildman–Crippen LogP) is 3.05. The summed E-state index contributed by atoms with van der Waals surface area (Å²) >= 11 is 0. The number of nitrogens with zero attached hydrogens (tertiary/aromatic N) is 1. The van der Waals surface area contributed by atoms with Crippen LogP contribution in [0.4, 0.5) is 0 Å².